The van der Waals surface area contributed by atoms with Gasteiger partial charge in [-0.25, -0.2) is 17.8 Å². The number of carbonyl (C=O) groups is 1. The van der Waals surface area contributed by atoms with Gasteiger partial charge in [-0.05, 0) is 62.7 Å². The summed E-state index contributed by atoms with van der Waals surface area (Å²) in [5, 5.41) is 3.19. The number of ether oxygens (including phenoxy) is 1. The molecule has 30 heavy (non-hydrogen) atoms. The highest BCUT2D eigenvalue weighted by atomic mass is 32.2. The van der Waals surface area contributed by atoms with E-state index < -0.39 is 21.6 Å². The summed E-state index contributed by atoms with van der Waals surface area (Å²) in [6, 6.07) is 5.14. The zero-order chi connectivity index (χ0) is 22.1. The number of anilines is 2. The van der Waals surface area contributed by atoms with E-state index in [0.29, 0.717) is 31.5 Å². The van der Waals surface area contributed by atoms with Crippen LogP contribution in [0.5, 0.6) is 5.75 Å². The van der Waals surface area contributed by atoms with Gasteiger partial charge in [0.05, 0.1) is 24.5 Å². The molecule has 1 saturated heterocycles. The number of pyridine rings is 1. The third-order valence-corrected chi connectivity index (χ3v) is 6.30. The van der Waals surface area contributed by atoms with E-state index in [1.807, 2.05) is 0 Å². The number of halogens is 1. The van der Waals surface area contributed by atoms with E-state index in [1.54, 1.807) is 6.92 Å². The Balaban J connectivity index is 2.00. The minimum absolute atomic E-state index is 0.0141. The number of benzene rings is 1. The second-order valence-corrected chi connectivity index (χ2v) is 9.13. The van der Waals surface area contributed by atoms with Crippen LogP contribution >= 0.6 is 0 Å². The number of sulfonamides is 1. The Morgan fingerprint density at radius 3 is 2.50 bits per heavy atom. The van der Waals surface area contributed by atoms with E-state index in [9.17, 15) is 17.6 Å². The van der Waals surface area contributed by atoms with Crippen LogP contribution in [0.25, 0.3) is 0 Å². The van der Waals surface area contributed by atoms with Crippen LogP contribution in [0.3, 0.4) is 0 Å². The lowest BCUT2D eigenvalue weighted by Gasteiger charge is -2.33. The predicted molar refractivity (Wildman–Crippen MR) is 113 cm³/mol. The van der Waals surface area contributed by atoms with Crippen LogP contribution in [0.1, 0.15) is 34.3 Å². The SMILES string of the molecule is COc1cc(C)c(F)cc1C(=O)c1ccc(N(C2CCNCC2)S(C)(=O)=O)nc1N. The minimum atomic E-state index is -3.61. The fourth-order valence-electron chi connectivity index (χ4n) is 3.59. The predicted octanol–water partition coefficient (Wildman–Crippen LogP) is 1.87. The number of piperidine rings is 1. The Morgan fingerprint density at radius 1 is 1.27 bits per heavy atom. The molecule has 8 nitrogen and oxygen atoms in total. The summed E-state index contributed by atoms with van der Waals surface area (Å²) in [6.45, 7) is 2.96. The Kier molecular flexibility index (Phi) is 6.27. The van der Waals surface area contributed by atoms with Gasteiger partial charge in [-0.3, -0.25) is 9.10 Å². The summed E-state index contributed by atoms with van der Waals surface area (Å²) in [5.41, 5.74) is 6.43. The Hall–Kier alpha value is -2.72. The Bertz CT molecular complexity index is 1070. The third kappa shape index (κ3) is 4.39. The zero-order valence-electron chi connectivity index (χ0n) is 17.1. The summed E-state index contributed by atoms with van der Waals surface area (Å²) in [5.74, 6) is -0.870. The fraction of sp³-hybridized carbons (Fsp3) is 0.400. The molecule has 2 aromatic rings. The molecule has 10 heteroatoms. The molecule has 2 heterocycles. The second kappa shape index (κ2) is 8.57. The standard InChI is InChI=1S/C20H25FN4O4S/c1-12-10-17(29-2)15(11-16(12)21)19(26)14-4-5-18(24-20(14)22)25(30(3,27)28)13-6-8-23-9-7-13/h4-5,10-11,13,23H,6-9H2,1-3H3,(H2,22,24). The maximum Gasteiger partial charge on any atom is 0.233 e. The number of rotatable bonds is 6. The average molecular weight is 437 g/mol. The number of hydrogen-bond donors (Lipinski definition) is 2. The molecule has 3 N–H and O–H groups in total. The lowest BCUT2D eigenvalue weighted by Crippen LogP contribution is -2.46. The van der Waals surface area contributed by atoms with Crippen molar-refractivity contribution in [1.82, 2.24) is 10.3 Å². The van der Waals surface area contributed by atoms with Crippen molar-refractivity contribution in [3.05, 3.63) is 46.8 Å². The summed E-state index contributed by atoms with van der Waals surface area (Å²) < 4.78 is 45.4. The van der Waals surface area contributed by atoms with Gasteiger partial charge in [0.2, 0.25) is 15.8 Å². The van der Waals surface area contributed by atoms with Crippen LogP contribution < -0.4 is 20.1 Å². The van der Waals surface area contributed by atoms with Crippen LogP contribution in [-0.2, 0) is 10.0 Å². The first-order valence-electron chi connectivity index (χ1n) is 9.49. The molecule has 0 bridgehead atoms. The summed E-state index contributed by atoms with van der Waals surface area (Å²) in [6.07, 6.45) is 2.39. The quantitative estimate of drug-likeness (QED) is 0.665. The lowest BCUT2D eigenvalue weighted by atomic mass is 10.0. The molecule has 0 unspecified atom stereocenters. The number of nitrogen functional groups attached to an aromatic ring is 1. The number of carbonyl (C=O) groups excluding carboxylic acids is 1. The summed E-state index contributed by atoms with van der Waals surface area (Å²) in [4.78, 5) is 17.2. The molecule has 1 aliphatic rings. The van der Waals surface area contributed by atoms with Gasteiger partial charge < -0.3 is 15.8 Å². The monoisotopic (exact) mass is 436 g/mol. The molecule has 1 aliphatic heterocycles. The van der Waals surface area contributed by atoms with Crippen molar-refractivity contribution in [1.29, 1.82) is 0 Å². The lowest BCUT2D eigenvalue weighted by molar-refractivity contribution is 0.103. The largest absolute Gasteiger partial charge is 0.496 e. The molecule has 1 aromatic carbocycles. The third-order valence-electron chi connectivity index (χ3n) is 5.10. The maximum absolute atomic E-state index is 14.0. The second-order valence-electron chi connectivity index (χ2n) is 7.27. The normalized spacial score (nSPS) is 15.1. The van der Waals surface area contributed by atoms with Gasteiger partial charge in [0.25, 0.3) is 0 Å². The van der Waals surface area contributed by atoms with E-state index in [2.05, 4.69) is 10.3 Å². The van der Waals surface area contributed by atoms with Gasteiger partial charge in [-0.1, -0.05) is 0 Å². The van der Waals surface area contributed by atoms with Gasteiger partial charge in [0.1, 0.15) is 23.2 Å². The van der Waals surface area contributed by atoms with E-state index in [-0.39, 0.29) is 34.6 Å². The highest BCUT2D eigenvalue weighted by Crippen LogP contribution is 2.29. The van der Waals surface area contributed by atoms with Gasteiger partial charge in [0.15, 0.2) is 0 Å². The van der Waals surface area contributed by atoms with Crippen molar-refractivity contribution in [2.45, 2.75) is 25.8 Å². The van der Waals surface area contributed by atoms with E-state index in [0.717, 1.165) is 12.3 Å². The molecule has 1 aromatic heterocycles. The number of aryl methyl sites for hydroxylation is 1. The van der Waals surface area contributed by atoms with Gasteiger partial charge in [-0.2, -0.15) is 0 Å². The number of nitrogens with two attached hydrogens (primary N) is 1. The average Bonchev–Trinajstić information content (AvgIpc) is 2.69. The zero-order valence-corrected chi connectivity index (χ0v) is 17.9. The van der Waals surface area contributed by atoms with Crippen LogP contribution in [0.15, 0.2) is 24.3 Å². The number of nitrogens with one attached hydrogen (secondary N) is 1. The van der Waals surface area contributed by atoms with Crippen molar-refractivity contribution < 1.29 is 22.3 Å². The molecule has 3 rings (SSSR count). The molecule has 0 aliphatic carbocycles. The molecule has 0 atom stereocenters. The molecule has 0 radical (unpaired) electrons. The molecular formula is C20H25FN4O4S. The highest BCUT2D eigenvalue weighted by Gasteiger charge is 2.30. The topological polar surface area (TPSA) is 115 Å². The molecular weight excluding hydrogens is 411 g/mol. The Morgan fingerprint density at radius 2 is 1.93 bits per heavy atom. The highest BCUT2D eigenvalue weighted by molar-refractivity contribution is 7.92. The number of aromatic nitrogens is 1. The smallest absolute Gasteiger partial charge is 0.233 e. The van der Waals surface area contributed by atoms with Crippen LogP contribution in [0.4, 0.5) is 16.0 Å². The minimum Gasteiger partial charge on any atom is -0.496 e. The summed E-state index contributed by atoms with van der Waals surface area (Å²) >= 11 is 0. The first kappa shape index (κ1) is 22.0. The van der Waals surface area contributed by atoms with Crippen LogP contribution in [0.2, 0.25) is 0 Å². The molecule has 0 amide bonds. The van der Waals surface area contributed by atoms with E-state index in [4.69, 9.17) is 10.5 Å². The molecule has 162 valence electrons. The van der Waals surface area contributed by atoms with E-state index >= 15 is 0 Å². The van der Waals surface area contributed by atoms with E-state index in [1.165, 1.54) is 29.6 Å². The number of hydrogen-bond acceptors (Lipinski definition) is 7. The van der Waals surface area contributed by atoms with Crippen molar-refractivity contribution in [3.63, 3.8) is 0 Å². The van der Waals surface area contributed by atoms with Crippen molar-refractivity contribution in [2.24, 2.45) is 0 Å². The maximum atomic E-state index is 14.0. The first-order chi connectivity index (χ1) is 14.1. The van der Waals surface area contributed by atoms with Crippen molar-refractivity contribution in [2.75, 3.05) is 36.5 Å². The van der Waals surface area contributed by atoms with Crippen molar-refractivity contribution in [3.8, 4) is 5.75 Å². The number of nitrogens with zero attached hydrogens (tertiary/aromatic N) is 2. The first-order valence-corrected chi connectivity index (χ1v) is 11.3. The molecule has 1 fully saturated rings. The number of methoxy groups -OCH3 is 1. The van der Waals surface area contributed by atoms with Crippen molar-refractivity contribution >= 4 is 27.4 Å². The Labute approximate surface area is 175 Å². The van der Waals surface area contributed by atoms with Crippen LogP contribution in [0, 0.1) is 12.7 Å². The molecule has 0 spiro atoms. The molecule has 0 saturated carbocycles. The van der Waals surface area contributed by atoms with Gasteiger partial charge in [-0.15, -0.1) is 0 Å². The number of ketones is 1. The summed E-state index contributed by atoms with van der Waals surface area (Å²) in [7, 11) is -2.22. The fourth-order valence-corrected chi connectivity index (χ4v) is 4.79. The van der Waals surface area contributed by atoms with Gasteiger partial charge in [0, 0.05) is 6.04 Å². The van der Waals surface area contributed by atoms with Crippen LogP contribution in [-0.4, -0.2) is 51.7 Å². The van der Waals surface area contributed by atoms with Gasteiger partial charge >= 0.3 is 0 Å².